The van der Waals surface area contributed by atoms with E-state index in [1.165, 1.54) is 16.7 Å². The van der Waals surface area contributed by atoms with Crippen molar-refractivity contribution in [3.63, 3.8) is 0 Å². The van der Waals surface area contributed by atoms with E-state index in [2.05, 4.69) is 96.1 Å². The minimum Gasteiger partial charge on any atom is -0.399 e. The topological polar surface area (TPSA) is 41.3 Å². The summed E-state index contributed by atoms with van der Waals surface area (Å²) < 4.78 is 0. The molecule has 0 saturated heterocycles. The Labute approximate surface area is 172 Å². The van der Waals surface area contributed by atoms with Crippen LogP contribution in [0.5, 0.6) is 0 Å². The summed E-state index contributed by atoms with van der Waals surface area (Å²) in [6, 6.07) is 33.6. The molecule has 29 heavy (non-hydrogen) atoms. The lowest BCUT2D eigenvalue weighted by molar-refractivity contribution is 1.21. The van der Waals surface area contributed by atoms with Gasteiger partial charge in [0.15, 0.2) is 0 Å². The Bertz CT molecular complexity index is 1090. The molecule has 144 valence electrons. The van der Waals surface area contributed by atoms with Crippen molar-refractivity contribution >= 4 is 22.7 Å². The van der Waals surface area contributed by atoms with Gasteiger partial charge in [0.05, 0.1) is 0 Å². The van der Waals surface area contributed by atoms with Crippen LogP contribution in [-0.4, -0.2) is 14.1 Å². The molecule has 0 spiro atoms. The largest absolute Gasteiger partial charge is 0.399 e. The number of benzene rings is 4. The van der Waals surface area contributed by atoms with E-state index in [1.54, 1.807) is 0 Å². The molecule has 0 amide bonds. The Kier molecular flexibility index (Phi) is 5.21. The molecule has 0 aromatic heterocycles. The number of rotatable bonds is 5. The van der Waals surface area contributed by atoms with Gasteiger partial charge in [-0.1, -0.05) is 48.5 Å². The van der Waals surface area contributed by atoms with E-state index < -0.39 is 0 Å². The van der Waals surface area contributed by atoms with Gasteiger partial charge in [-0.05, 0) is 70.8 Å². The molecule has 4 aromatic rings. The molecule has 0 bridgehead atoms. The predicted octanol–water partition coefficient (Wildman–Crippen LogP) is 6.41. The first-order chi connectivity index (χ1) is 14.2. The van der Waals surface area contributed by atoms with Crippen LogP contribution in [0.1, 0.15) is 0 Å². The average Bonchev–Trinajstić information content (AvgIpc) is 2.79. The maximum absolute atomic E-state index is 5.92. The molecule has 4 aromatic carbocycles. The quantitative estimate of drug-likeness (QED) is 0.394. The van der Waals surface area contributed by atoms with E-state index in [-0.39, 0.29) is 0 Å². The van der Waals surface area contributed by atoms with Crippen LogP contribution in [0.2, 0.25) is 0 Å². The van der Waals surface area contributed by atoms with Gasteiger partial charge in [0.1, 0.15) is 0 Å². The highest BCUT2D eigenvalue weighted by Gasteiger charge is 2.12. The van der Waals surface area contributed by atoms with Crippen LogP contribution < -0.4 is 16.0 Å². The Balaban J connectivity index is 1.83. The lowest BCUT2D eigenvalue weighted by Crippen LogP contribution is -2.09. The molecule has 0 fully saturated rings. The minimum absolute atomic E-state index is 0.770. The van der Waals surface area contributed by atoms with E-state index in [0.717, 1.165) is 28.3 Å². The van der Waals surface area contributed by atoms with Crippen molar-refractivity contribution in [1.29, 1.82) is 0 Å². The highest BCUT2D eigenvalue weighted by atomic mass is 15.1. The number of para-hydroxylation sites is 1. The molecule has 0 aliphatic carbocycles. The minimum atomic E-state index is 0.770. The lowest BCUT2D eigenvalue weighted by Gasteiger charge is -2.22. The number of nitrogens with two attached hydrogens (primary N) is 1. The first-order valence-corrected chi connectivity index (χ1v) is 9.72. The smallest absolute Gasteiger partial charge is 0.0414 e. The van der Waals surface area contributed by atoms with E-state index in [1.807, 2.05) is 25.2 Å². The van der Waals surface area contributed by atoms with Crippen LogP contribution in [-0.2, 0) is 0 Å². The van der Waals surface area contributed by atoms with Crippen LogP contribution in [0.25, 0.3) is 22.3 Å². The summed E-state index contributed by atoms with van der Waals surface area (Å²) >= 11 is 0. The standard InChI is InChI=1S/C26H25N3/c1-28-22-14-10-19(11-15-22)25-17-16-24(29(2)23-6-4-3-5-7-23)18-26(25)20-8-12-21(27)13-9-20/h3-18,28H,27H2,1-2H3. The van der Waals surface area contributed by atoms with Crippen molar-refractivity contribution < 1.29 is 0 Å². The second-order valence-electron chi connectivity index (χ2n) is 7.07. The number of hydrogen-bond acceptors (Lipinski definition) is 3. The summed E-state index contributed by atoms with van der Waals surface area (Å²) in [5, 5.41) is 3.18. The molecular weight excluding hydrogens is 354 g/mol. The highest BCUT2D eigenvalue weighted by Crippen LogP contribution is 2.37. The van der Waals surface area contributed by atoms with Crippen molar-refractivity contribution in [3.05, 3.63) is 97.1 Å². The summed E-state index contributed by atoms with van der Waals surface area (Å²) in [5.74, 6) is 0. The van der Waals surface area contributed by atoms with Crippen molar-refractivity contribution in [1.82, 2.24) is 0 Å². The van der Waals surface area contributed by atoms with Crippen LogP contribution in [0.15, 0.2) is 97.1 Å². The molecule has 0 radical (unpaired) electrons. The van der Waals surface area contributed by atoms with Gasteiger partial charge in [-0.25, -0.2) is 0 Å². The Morgan fingerprint density at radius 1 is 0.655 bits per heavy atom. The number of nitrogens with one attached hydrogen (secondary N) is 1. The maximum atomic E-state index is 5.92. The monoisotopic (exact) mass is 379 g/mol. The average molecular weight is 380 g/mol. The number of nitrogens with zero attached hydrogens (tertiary/aromatic N) is 1. The summed E-state index contributed by atoms with van der Waals surface area (Å²) in [7, 11) is 4.03. The highest BCUT2D eigenvalue weighted by molar-refractivity contribution is 5.87. The first kappa shape index (κ1) is 18.6. The third kappa shape index (κ3) is 3.94. The van der Waals surface area contributed by atoms with E-state index >= 15 is 0 Å². The lowest BCUT2D eigenvalue weighted by atomic mass is 9.93. The van der Waals surface area contributed by atoms with Crippen molar-refractivity contribution in [2.45, 2.75) is 0 Å². The molecule has 3 N–H and O–H groups in total. The number of hydrogen-bond donors (Lipinski definition) is 2. The van der Waals surface area contributed by atoms with E-state index in [9.17, 15) is 0 Å². The molecular formula is C26H25N3. The maximum Gasteiger partial charge on any atom is 0.0414 e. The van der Waals surface area contributed by atoms with Gasteiger partial charge in [0.2, 0.25) is 0 Å². The van der Waals surface area contributed by atoms with Gasteiger partial charge in [-0.15, -0.1) is 0 Å². The normalized spacial score (nSPS) is 10.6. The molecule has 0 unspecified atom stereocenters. The van der Waals surface area contributed by atoms with Gasteiger partial charge >= 0.3 is 0 Å². The molecule has 3 nitrogen and oxygen atoms in total. The summed E-state index contributed by atoms with van der Waals surface area (Å²) in [4.78, 5) is 2.20. The zero-order chi connectivity index (χ0) is 20.2. The van der Waals surface area contributed by atoms with Crippen molar-refractivity contribution in [2.75, 3.05) is 30.0 Å². The van der Waals surface area contributed by atoms with Crippen LogP contribution in [0.4, 0.5) is 22.7 Å². The van der Waals surface area contributed by atoms with Gasteiger partial charge < -0.3 is 16.0 Å². The Morgan fingerprint density at radius 3 is 1.93 bits per heavy atom. The fourth-order valence-corrected chi connectivity index (χ4v) is 3.51. The number of anilines is 4. The zero-order valence-electron chi connectivity index (χ0n) is 16.8. The molecule has 0 saturated carbocycles. The molecule has 4 rings (SSSR count). The van der Waals surface area contributed by atoms with Gasteiger partial charge in [-0.3, -0.25) is 0 Å². The van der Waals surface area contributed by atoms with Gasteiger partial charge in [0, 0.05) is 36.8 Å². The third-order valence-corrected chi connectivity index (χ3v) is 5.24. The van der Waals surface area contributed by atoms with Crippen molar-refractivity contribution in [2.24, 2.45) is 0 Å². The first-order valence-electron chi connectivity index (χ1n) is 9.72. The fraction of sp³-hybridized carbons (Fsp3) is 0.0769. The van der Waals surface area contributed by atoms with Crippen LogP contribution >= 0.6 is 0 Å². The van der Waals surface area contributed by atoms with Crippen LogP contribution in [0.3, 0.4) is 0 Å². The zero-order valence-corrected chi connectivity index (χ0v) is 16.8. The summed E-state index contributed by atoms with van der Waals surface area (Å²) in [6.45, 7) is 0. The Hall–Kier alpha value is -3.72. The van der Waals surface area contributed by atoms with Gasteiger partial charge in [0.25, 0.3) is 0 Å². The fourth-order valence-electron chi connectivity index (χ4n) is 3.51. The van der Waals surface area contributed by atoms with E-state index in [4.69, 9.17) is 5.73 Å². The predicted molar refractivity (Wildman–Crippen MR) is 126 cm³/mol. The van der Waals surface area contributed by atoms with Crippen LogP contribution in [0, 0.1) is 0 Å². The molecule has 3 heteroatoms. The Morgan fingerprint density at radius 2 is 1.28 bits per heavy atom. The SMILES string of the molecule is CNc1ccc(-c2ccc(N(C)c3ccccc3)cc2-c2ccc(N)cc2)cc1. The molecule has 0 heterocycles. The molecule has 0 aliphatic heterocycles. The van der Waals surface area contributed by atoms with Crippen molar-refractivity contribution in [3.8, 4) is 22.3 Å². The summed E-state index contributed by atoms with van der Waals surface area (Å²) in [6.07, 6.45) is 0. The summed E-state index contributed by atoms with van der Waals surface area (Å²) in [5.41, 5.74) is 14.8. The molecule has 0 atom stereocenters. The number of nitrogen functional groups attached to an aromatic ring is 1. The second kappa shape index (κ2) is 8.11. The third-order valence-electron chi connectivity index (χ3n) is 5.24. The second-order valence-corrected chi connectivity index (χ2v) is 7.07. The molecule has 0 aliphatic rings. The van der Waals surface area contributed by atoms with E-state index in [0.29, 0.717) is 0 Å². The van der Waals surface area contributed by atoms with Gasteiger partial charge in [-0.2, -0.15) is 0 Å².